The molecule has 1 N–H and O–H groups in total. The van der Waals surface area contributed by atoms with Crippen LogP contribution in [0.25, 0.3) is 0 Å². The van der Waals surface area contributed by atoms with E-state index >= 15 is 0 Å². The van der Waals surface area contributed by atoms with Crippen LogP contribution in [0.2, 0.25) is 0 Å². The van der Waals surface area contributed by atoms with Crippen LogP contribution in [0.5, 0.6) is 0 Å². The van der Waals surface area contributed by atoms with Crippen LogP contribution in [0.3, 0.4) is 0 Å². The van der Waals surface area contributed by atoms with E-state index in [0.29, 0.717) is 11.5 Å². The van der Waals surface area contributed by atoms with Gasteiger partial charge in [0.05, 0.1) is 5.56 Å². The van der Waals surface area contributed by atoms with Gasteiger partial charge in [0.25, 0.3) is 5.91 Å². The highest BCUT2D eigenvalue weighted by Crippen LogP contribution is 2.15. The third-order valence-corrected chi connectivity index (χ3v) is 3.57. The first-order valence-corrected chi connectivity index (χ1v) is 7.60. The first-order chi connectivity index (χ1) is 11.0. The highest BCUT2D eigenvalue weighted by molar-refractivity contribution is 5.95. The Balaban J connectivity index is 1.88. The molecule has 23 heavy (non-hydrogen) atoms. The van der Waals surface area contributed by atoms with Gasteiger partial charge in [0.15, 0.2) is 6.61 Å². The minimum atomic E-state index is -0.500. The molecule has 4 heteroatoms. The molecule has 2 aromatic carbocycles. The van der Waals surface area contributed by atoms with Crippen molar-refractivity contribution in [1.82, 2.24) is 0 Å². The van der Waals surface area contributed by atoms with Crippen LogP contribution in [0, 0.1) is 6.92 Å². The van der Waals surface area contributed by atoms with Gasteiger partial charge in [-0.15, -0.1) is 0 Å². The third kappa shape index (κ3) is 4.68. The van der Waals surface area contributed by atoms with Gasteiger partial charge in [-0.3, -0.25) is 4.79 Å². The van der Waals surface area contributed by atoms with Crippen LogP contribution in [-0.2, 0) is 9.53 Å². The van der Waals surface area contributed by atoms with E-state index in [1.807, 2.05) is 37.3 Å². The van der Waals surface area contributed by atoms with Gasteiger partial charge in [0.1, 0.15) is 0 Å². The largest absolute Gasteiger partial charge is 0.452 e. The zero-order valence-electron chi connectivity index (χ0n) is 13.6. The van der Waals surface area contributed by atoms with Crippen molar-refractivity contribution in [3.8, 4) is 0 Å². The molecule has 4 nitrogen and oxygen atoms in total. The van der Waals surface area contributed by atoms with E-state index in [-0.39, 0.29) is 12.5 Å². The van der Waals surface area contributed by atoms with Crippen LogP contribution in [-0.4, -0.2) is 18.5 Å². The lowest BCUT2D eigenvalue weighted by Gasteiger charge is -2.09. The number of amides is 1. The lowest BCUT2D eigenvalue weighted by atomic mass is 10.0. The molecule has 0 bridgehead atoms. The fourth-order valence-corrected chi connectivity index (χ4v) is 2.12. The average molecular weight is 311 g/mol. The topological polar surface area (TPSA) is 55.4 Å². The maximum absolute atomic E-state index is 11.9. The first-order valence-electron chi connectivity index (χ1n) is 7.60. The van der Waals surface area contributed by atoms with Crippen molar-refractivity contribution in [2.45, 2.75) is 26.7 Å². The number of carbonyl (C=O) groups is 2. The fraction of sp³-hybridized carbons (Fsp3) is 0.263. The molecule has 0 radical (unpaired) electrons. The van der Waals surface area contributed by atoms with Crippen molar-refractivity contribution in [3.05, 3.63) is 65.2 Å². The predicted molar refractivity (Wildman–Crippen MR) is 90.6 cm³/mol. The number of nitrogens with one attached hydrogen (secondary N) is 1. The summed E-state index contributed by atoms with van der Waals surface area (Å²) in [6.45, 7) is 5.77. The number of esters is 1. The number of anilines is 1. The molecule has 0 aliphatic heterocycles. The molecular weight excluding hydrogens is 290 g/mol. The van der Waals surface area contributed by atoms with Crippen LogP contribution >= 0.6 is 0 Å². The van der Waals surface area contributed by atoms with Gasteiger partial charge in [-0.2, -0.15) is 0 Å². The molecule has 0 aliphatic rings. The van der Waals surface area contributed by atoms with Gasteiger partial charge >= 0.3 is 5.97 Å². The summed E-state index contributed by atoms with van der Waals surface area (Å²) in [4.78, 5) is 23.8. The summed E-state index contributed by atoms with van der Waals surface area (Å²) in [5.74, 6) is -0.452. The Morgan fingerprint density at radius 3 is 2.30 bits per heavy atom. The Labute approximate surface area is 136 Å². The van der Waals surface area contributed by atoms with Crippen molar-refractivity contribution < 1.29 is 14.3 Å². The van der Waals surface area contributed by atoms with E-state index in [1.54, 1.807) is 18.2 Å². The number of hydrogen-bond acceptors (Lipinski definition) is 3. The van der Waals surface area contributed by atoms with E-state index in [1.165, 1.54) is 0 Å². The minimum absolute atomic E-state index is 0.306. The van der Waals surface area contributed by atoms with E-state index in [9.17, 15) is 9.59 Å². The highest BCUT2D eigenvalue weighted by Gasteiger charge is 2.11. The van der Waals surface area contributed by atoms with Gasteiger partial charge in [-0.25, -0.2) is 4.79 Å². The number of para-hydroxylation sites is 1. The van der Waals surface area contributed by atoms with Gasteiger partial charge in [-0.05, 0) is 42.2 Å². The molecule has 0 heterocycles. The predicted octanol–water partition coefficient (Wildman–Crippen LogP) is 3.91. The van der Waals surface area contributed by atoms with Crippen LogP contribution in [0.4, 0.5) is 5.69 Å². The number of ether oxygens (including phenoxy) is 1. The normalized spacial score (nSPS) is 10.4. The lowest BCUT2D eigenvalue weighted by Crippen LogP contribution is -2.21. The highest BCUT2D eigenvalue weighted by atomic mass is 16.5. The van der Waals surface area contributed by atoms with Crippen LogP contribution in [0.15, 0.2) is 48.5 Å². The minimum Gasteiger partial charge on any atom is -0.452 e. The molecule has 0 aliphatic carbocycles. The standard InChI is InChI=1S/C19H21NO3/c1-13(2)15-8-10-16(11-9-15)19(22)23-12-18(21)20-17-7-5-4-6-14(17)3/h4-11,13H,12H2,1-3H3,(H,20,21). The Bertz CT molecular complexity index is 690. The smallest absolute Gasteiger partial charge is 0.338 e. The van der Waals surface area contributed by atoms with E-state index in [2.05, 4.69) is 19.2 Å². The van der Waals surface area contributed by atoms with Crippen LogP contribution in [0.1, 0.15) is 41.3 Å². The summed E-state index contributed by atoms with van der Waals surface area (Å²) in [6.07, 6.45) is 0. The van der Waals surface area contributed by atoms with E-state index in [0.717, 1.165) is 16.8 Å². The maximum atomic E-state index is 11.9. The summed E-state index contributed by atoms with van der Waals surface area (Å²) in [5.41, 5.74) is 3.27. The summed E-state index contributed by atoms with van der Waals surface area (Å²) in [5, 5.41) is 2.72. The summed E-state index contributed by atoms with van der Waals surface area (Å²) in [6, 6.07) is 14.7. The van der Waals surface area contributed by atoms with Gasteiger partial charge in [0, 0.05) is 5.69 Å². The van der Waals surface area contributed by atoms with Gasteiger partial charge < -0.3 is 10.1 Å². The number of carbonyl (C=O) groups excluding carboxylic acids is 2. The van der Waals surface area contributed by atoms with E-state index < -0.39 is 5.97 Å². The molecule has 0 unspecified atom stereocenters. The molecule has 2 aromatic rings. The van der Waals surface area contributed by atoms with E-state index in [4.69, 9.17) is 4.74 Å². The molecule has 120 valence electrons. The average Bonchev–Trinajstić information content (AvgIpc) is 2.55. The van der Waals surface area contributed by atoms with Gasteiger partial charge in [-0.1, -0.05) is 44.2 Å². The molecule has 0 saturated heterocycles. The van der Waals surface area contributed by atoms with Crippen LogP contribution < -0.4 is 5.32 Å². The second kappa shape index (κ2) is 7.58. The Morgan fingerprint density at radius 1 is 1.04 bits per heavy atom. The number of rotatable bonds is 5. The molecule has 0 aromatic heterocycles. The van der Waals surface area contributed by atoms with Crippen molar-refractivity contribution in [2.75, 3.05) is 11.9 Å². The molecular formula is C19H21NO3. The third-order valence-electron chi connectivity index (χ3n) is 3.57. The summed E-state index contributed by atoms with van der Waals surface area (Å²) in [7, 11) is 0. The molecule has 2 rings (SSSR count). The van der Waals surface area contributed by atoms with Crippen molar-refractivity contribution in [1.29, 1.82) is 0 Å². The molecule has 0 saturated carbocycles. The quantitative estimate of drug-likeness (QED) is 0.852. The summed E-state index contributed by atoms with van der Waals surface area (Å²) < 4.78 is 5.05. The lowest BCUT2D eigenvalue weighted by molar-refractivity contribution is -0.119. The SMILES string of the molecule is Cc1ccccc1NC(=O)COC(=O)c1ccc(C(C)C)cc1. The Hall–Kier alpha value is -2.62. The Kier molecular flexibility index (Phi) is 5.52. The summed E-state index contributed by atoms with van der Waals surface area (Å²) >= 11 is 0. The second-order valence-corrected chi connectivity index (χ2v) is 5.72. The number of hydrogen-bond donors (Lipinski definition) is 1. The molecule has 0 fully saturated rings. The monoisotopic (exact) mass is 311 g/mol. The van der Waals surface area contributed by atoms with Crippen molar-refractivity contribution >= 4 is 17.6 Å². The van der Waals surface area contributed by atoms with Crippen molar-refractivity contribution in [2.24, 2.45) is 0 Å². The Morgan fingerprint density at radius 2 is 1.70 bits per heavy atom. The molecule has 0 spiro atoms. The zero-order valence-corrected chi connectivity index (χ0v) is 13.6. The van der Waals surface area contributed by atoms with Crippen molar-refractivity contribution in [3.63, 3.8) is 0 Å². The maximum Gasteiger partial charge on any atom is 0.338 e. The number of aryl methyl sites for hydroxylation is 1. The van der Waals surface area contributed by atoms with Gasteiger partial charge in [0.2, 0.25) is 0 Å². The fourth-order valence-electron chi connectivity index (χ4n) is 2.12. The zero-order chi connectivity index (χ0) is 16.8. The molecule has 1 amide bonds. The molecule has 0 atom stereocenters. The number of benzene rings is 2. The first kappa shape index (κ1) is 16.7. The second-order valence-electron chi connectivity index (χ2n) is 5.72.